The van der Waals surface area contributed by atoms with Gasteiger partial charge in [-0.05, 0) is 66.2 Å². The number of imide groups is 1. The largest absolute Gasteiger partial charge is 0.508 e. The van der Waals surface area contributed by atoms with Crippen LogP contribution in [0.5, 0.6) is 11.5 Å². The summed E-state index contributed by atoms with van der Waals surface area (Å²) in [6, 6.07) is 20.2. The number of methoxy groups -OCH3 is 1. The summed E-state index contributed by atoms with van der Waals surface area (Å²) in [5, 5.41) is 12.0. The Morgan fingerprint density at radius 2 is 1.76 bits per heavy atom. The second-order valence-corrected chi connectivity index (χ2v) is 12.6. The maximum absolute atomic E-state index is 14.0. The topological polar surface area (TPSA) is 118 Å². The third-order valence-electron chi connectivity index (χ3n) is 7.04. The number of aromatic hydroxyl groups is 1. The monoisotopic (exact) mass is 651 g/mol. The van der Waals surface area contributed by atoms with E-state index in [4.69, 9.17) is 4.74 Å². The number of fused-ring (bicyclic) bond motifs is 2. The molecule has 3 atom stereocenters. The summed E-state index contributed by atoms with van der Waals surface area (Å²) < 4.78 is 7.40. The molecule has 4 aromatic rings. The highest BCUT2D eigenvalue weighted by atomic mass is 79.9. The van der Waals surface area contributed by atoms with Gasteiger partial charge in [0, 0.05) is 21.0 Å². The summed E-state index contributed by atoms with van der Waals surface area (Å²) in [5.74, 6) is -1.79. The van der Waals surface area contributed by atoms with Crippen molar-refractivity contribution in [1.29, 1.82) is 0 Å². The molecule has 0 aliphatic carbocycles. The first kappa shape index (κ1) is 27.3. The van der Waals surface area contributed by atoms with Crippen LogP contribution in [0, 0.1) is 5.92 Å². The zero-order valence-electron chi connectivity index (χ0n) is 21.4. The molecule has 1 aromatic heterocycles. The Balaban J connectivity index is 1.40. The number of thioether (sulfide) groups is 1. The van der Waals surface area contributed by atoms with Gasteiger partial charge >= 0.3 is 4.87 Å². The van der Waals surface area contributed by atoms with E-state index in [0.717, 1.165) is 33.1 Å². The van der Waals surface area contributed by atoms with Gasteiger partial charge in [0.05, 0.1) is 23.7 Å². The van der Waals surface area contributed by atoms with Gasteiger partial charge in [-0.1, -0.05) is 51.2 Å². The molecule has 3 amide bonds. The van der Waals surface area contributed by atoms with Gasteiger partial charge in [0.25, 0.3) is 0 Å². The van der Waals surface area contributed by atoms with Gasteiger partial charge in [0.1, 0.15) is 23.3 Å². The fraction of sp³-hybridized carbons (Fsp3) is 0.172. The number of anilines is 2. The molecule has 0 radical (unpaired) electrons. The number of hydrogen-bond donors (Lipinski definition) is 2. The zero-order chi connectivity index (χ0) is 28.8. The minimum Gasteiger partial charge on any atom is -0.508 e. The van der Waals surface area contributed by atoms with Crippen molar-refractivity contribution in [2.45, 2.75) is 22.7 Å². The fourth-order valence-corrected chi connectivity index (χ4v) is 8.38. The molecular formula is C29H22BrN3O6S2. The number of hydrogen-bond acceptors (Lipinski definition) is 8. The molecule has 2 unspecified atom stereocenters. The van der Waals surface area contributed by atoms with E-state index in [1.807, 2.05) is 24.3 Å². The van der Waals surface area contributed by atoms with Gasteiger partial charge in [0.15, 0.2) is 0 Å². The highest BCUT2D eigenvalue weighted by Gasteiger charge is 2.56. The lowest BCUT2D eigenvalue weighted by atomic mass is 9.83. The van der Waals surface area contributed by atoms with Crippen molar-refractivity contribution in [3.05, 3.63) is 97.4 Å². The van der Waals surface area contributed by atoms with Crippen molar-refractivity contribution in [2.75, 3.05) is 17.3 Å². The van der Waals surface area contributed by atoms with Gasteiger partial charge in [-0.2, -0.15) is 0 Å². The van der Waals surface area contributed by atoms with E-state index in [0.29, 0.717) is 27.0 Å². The number of nitrogens with zero attached hydrogens (tertiary/aromatic N) is 2. The molecule has 2 aliphatic rings. The molecule has 2 aliphatic heterocycles. The number of ether oxygens (including phenoxy) is 1. The first-order valence-electron chi connectivity index (χ1n) is 12.5. The predicted molar refractivity (Wildman–Crippen MR) is 160 cm³/mol. The number of halogens is 1. The molecule has 1 saturated heterocycles. The molecule has 1 fully saturated rings. The molecule has 0 saturated carbocycles. The number of amides is 3. The Morgan fingerprint density at radius 3 is 2.44 bits per heavy atom. The fourth-order valence-electron chi connectivity index (χ4n) is 5.19. The highest BCUT2D eigenvalue weighted by Crippen LogP contribution is 2.54. The van der Waals surface area contributed by atoms with Crippen LogP contribution in [-0.2, 0) is 20.9 Å². The molecule has 41 heavy (non-hydrogen) atoms. The average molecular weight is 653 g/mol. The summed E-state index contributed by atoms with van der Waals surface area (Å²) in [6.07, 6.45) is 0. The van der Waals surface area contributed by atoms with Crippen molar-refractivity contribution < 1.29 is 24.2 Å². The standard InChI is InChI=1S/C29H22BrN3O6S2/c1-39-20-11-7-18(8-12-20)33-26(36)23-22(15-3-2-4-16(30)13-15)25-28(40-24(23)27(33)37)32(29(38)41-25)14-21(35)31-17-5-9-19(34)10-6-17/h2-13,22-24,34H,14H2,1H3,(H,31,35)/t22-,23?,24?/m1/s1. The lowest BCUT2D eigenvalue weighted by Gasteiger charge is -2.30. The molecule has 6 rings (SSSR count). The number of benzene rings is 3. The van der Waals surface area contributed by atoms with Crippen molar-refractivity contribution in [2.24, 2.45) is 5.92 Å². The van der Waals surface area contributed by atoms with Crippen LogP contribution in [0.3, 0.4) is 0 Å². The van der Waals surface area contributed by atoms with Crippen molar-refractivity contribution in [1.82, 2.24) is 4.57 Å². The van der Waals surface area contributed by atoms with Gasteiger partial charge in [-0.15, -0.1) is 0 Å². The van der Waals surface area contributed by atoms with Crippen molar-refractivity contribution in [3.8, 4) is 11.5 Å². The third kappa shape index (κ3) is 4.96. The Bertz CT molecular complexity index is 1730. The SMILES string of the molecule is COc1ccc(N2C(=O)C3Sc4c(sc(=O)n4CC(=O)Nc4ccc(O)cc4)[C@H](c4cccc(Br)c4)C3C2=O)cc1. The van der Waals surface area contributed by atoms with Gasteiger partial charge in [-0.25, -0.2) is 4.90 Å². The number of carbonyl (C=O) groups is 3. The lowest BCUT2D eigenvalue weighted by Crippen LogP contribution is -2.33. The van der Waals surface area contributed by atoms with E-state index in [1.165, 1.54) is 28.7 Å². The van der Waals surface area contributed by atoms with E-state index in [-0.39, 0.29) is 29.0 Å². The molecule has 208 valence electrons. The number of rotatable bonds is 6. The molecular weight excluding hydrogens is 630 g/mol. The highest BCUT2D eigenvalue weighted by molar-refractivity contribution is 9.10. The summed E-state index contributed by atoms with van der Waals surface area (Å²) in [4.78, 5) is 55.5. The second-order valence-electron chi connectivity index (χ2n) is 9.53. The maximum Gasteiger partial charge on any atom is 0.308 e. The maximum atomic E-state index is 14.0. The van der Waals surface area contributed by atoms with Crippen LogP contribution in [0.4, 0.5) is 11.4 Å². The smallest absolute Gasteiger partial charge is 0.308 e. The van der Waals surface area contributed by atoms with E-state index >= 15 is 0 Å². The van der Waals surface area contributed by atoms with Crippen LogP contribution in [0.15, 0.2) is 87.1 Å². The van der Waals surface area contributed by atoms with Crippen LogP contribution < -0.4 is 19.8 Å². The summed E-state index contributed by atoms with van der Waals surface area (Å²) in [7, 11) is 1.54. The minimum atomic E-state index is -0.790. The predicted octanol–water partition coefficient (Wildman–Crippen LogP) is 4.82. The first-order chi connectivity index (χ1) is 19.7. The third-order valence-corrected chi connectivity index (χ3v) is 10.1. The van der Waals surface area contributed by atoms with Crippen molar-refractivity contribution in [3.63, 3.8) is 0 Å². The lowest BCUT2D eigenvalue weighted by molar-refractivity contribution is -0.122. The van der Waals surface area contributed by atoms with Gasteiger partial charge < -0.3 is 15.2 Å². The number of phenols is 1. The molecule has 2 N–H and O–H groups in total. The first-order valence-corrected chi connectivity index (χ1v) is 15.0. The van der Waals surface area contributed by atoms with Crippen LogP contribution in [0.25, 0.3) is 0 Å². The van der Waals surface area contributed by atoms with Crippen LogP contribution in [0.1, 0.15) is 16.4 Å². The number of phenolic OH excluding ortho intramolecular Hbond substituents is 1. The molecule has 0 bridgehead atoms. The quantitative estimate of drug-likeness (QED) is 0.227. The zero-order valence-corrected chi connectivity index (χ0v) is 24.7. The number of aromatic nitrogens is 1. The number of thiazole rings is 1. The normalized spacial score (nSPS) is 19.6. The molecule has 12 heteroatoms. The molecule has 0 spiro atoms. The Hall–Kier alpha value is -3.87. The van der Waals surface area contributed by atoms with E-state index in [1.54, 1.807) is 36.4 Å². The van der Waals surface area contributed by atoms with Gasteiger partial charge in [-0.3, -0.25) is 23.7 Å². The van der Waals surface area contributed by atoms with E-state index in [2.05, 4.69) is 21.2 Å². The van der Waals surface area contributed by atoms with Crippen LogP contribution in [-0.4, -0.2) is 39.8 Å². The number of nitrogens with one attached hydrogen (secondary N) is 1. The number of carbonyl (C=O) groups excluding carboxylic acids is 3. The van der Waals surface area contributed by atoms with E-state index in [9.17, 15) is 24.3 Å². The van der Waals surface area contributed by atoms with Crippen molar-refractivity contribution >= 4 is 68.1 Å². The average Bonchev–Trinajstić information content (AvgIpc) is 3.40. The molecule has 3 aromatic carbocycles. The van der Waals surface area contributed by atoms with Crippen LogP contribution >= 0.6 is 39.0 Å². The van der Waals surface area contributed by atoms with Crippen LogP contribution in [0.2, 0.25) is 0 Å². The molecule has 9 nitrogen and oxygen atoms in total. The second kappa shape index (κ2) is 10.8. The Labute approximate surface area is 250 Å². The van der Waals surface area contributed by atoms with E-state index < -0.39 is 23.0 Å². The summed E-state index contributed by atoms with van der Waals surface area (Å²) in [5.41, 5.74) is 1.70. The summed E-state index contributed by atoms with van der Waals surface area (Å²) >= 11 is 5.65. The summed E-state index contributed by atoms with van der Waals surface area (Å²) in [6.45, 7) is -0.272. The van der Waals surface area contributed by atoms with Gasteiger partial charge in [0.2, 0.25) is 17.7 Å². The molecule has 3 heterocycles. The Morgan fingerprint density at radius 1 is 1.02 bits per heavy atom. The minimum absolute atomic E-state index is 0.0649. The Kier molecular flexibility index (Phi) is 7.22.